The molecule has 1 aromatic heterocycles. The Morgan fingerprint density at radius 3 is 2.31 bits per heavy atom. The summed E-state index contributed by atoms with van der Waals surface area (Å²) in [5.74, 6) is 0.934. The molecule has 276 valence electrons. The standard InChI is InChI=1S/C39H66N6O4/c1-22(2)24(5)35(7)17-18-37(9)26-13-14-29-36(8)20-48-21-39(29,27(26)15-16-38(37,10)31(35)33(46)47)19-28(45-42-34(40)41-43-45)32(36)49-25(6)30(23(3)4)44(11)12/h15,22-26,28-32H,13-14,16-21H2,1-12H3,(H2,40,42)(H,46,47)/t24-,25?,26+,28-,29+,30?,31-,32+,35-,36+,37-,38+,39?/m1/s1. The van der Waals surface area contributed by atoms with Gasteiger partial charge in [0, 0.05) is 16.9 Å². The highest BCUT2D eigenvalue weighted by atomic mass is 16.5. The molecule has 10 nitrogen and oxygen atoms in total. The highest BCUT2D eigenvalue weighted by Crippen LogP contribution is 2.75. The predicted octanol–water partition coefficient (Wildman–Crippen LogP) is 6.74. The quantitative estimate of drug-likeness (QED) is 0.272. The first-order valence-corrected chi connectivity index (χ1v) is 19.2. The van der Waals surface area contributed by atoms with Crippen LogP contribution >= 0.6 is 0 Å². The van der Waals surface area contributed by atoms with Gasteiger partial charge in [-0.25, -0.2) is 0 Å². The monoisotopic (exact) mass is 683 g/mol. The summed E-state index contributed by atoms with van der Waals surface area (Å²) in [5, 5.41) is 24.3. The molecule has 1 aliphatic heterocycles. The number of ether oxygens (including phenoxy) is 2. The van der Waals surface area contributed by atoms with Gasteiger partial charge in [-0.2, -0.15) is 4.80 Å². The van der Waals surface area contributed by atoms with Crippen molar-refractivity contribution in [3.8, 4) is 0 Å². The Morgan fingerprint density at radius 2 is 1.73 bits per heavy atom. The molecule has 0 radical (unpaired) electrons. The van der Waals surface area contributed by atoms with E-state index in [1.807, 2.05) is 0 Å². The van der Waals surface area contributed by atoms with Crippen LogP contribution in [0.3, 0.4) is 0 Å². The van der Waals surface area contributed by atoms with Crippen LogP contribution in [0.25, 0.3) is 0 Å². The number of nitrogens with two attached hydrogens (primary N) is 1. The first-order chi connectivity index (χ1) is 22.8. The second-order valence-electron chi connectivity index (χ2n) is 19.0. The third-order valence-corrected chi connectivity index (χ3v) is 16.0. The van der Waals surface area contributed by atoms with Gasteiger partial charge in [0.15, 0.2) is 0 Å². The Balaban J connectivity index is 1.45. The summed E-state index contributed by atoms with van der Waals surface area (Å²) >= 11 is 0. The van der Waals surface area contributed by atoms with E-state index in [0.29, 0.717) is 42.8 Å². The number of nitrogens with zero attached hydrogens (tertiary/aromatic N) is 5. The number of likely N-dealkylation sites (N-methyl/N-ethyl adjacent to an activating group) is 1. The predicted molar refractivity (Wildman–Crippen MR) is 191 cm³/mol. The number of fused-ring (bicyclic) bond motifs is 3. The molecule has 0 spiro atoms. The van der Waals surface area contributed by atoms with Crippen molar-refractivity contribution in [2.24, 2.45) is 62.6 Å². The van der Waals surface area contributed by atoms with E-state index < -0.39 is 11.9 Å². The van der Waals surface area contributed by atoms with Crippen LogP contribution in [-0.4, -0.2) is 81.7 Å². The smallest absolute Gasteiger partial charge is 0.307 e. The van der Waals surface area contributed by atoms with E-state index in [0.717, 1.165) is 38.5 Å². The van der Waals surface area contributed by atoms with Crippen molar-refractivity contribution >= 4 is 11.9 Å². The number of hydrogen-bond donors (Lipinski definition) is 2. The maximum atomic E-state index is 13.5. The molecule has 0 amide bonds. The van der Waals surface area contributed by atoms with Crippen molar-refractivity contribution in [1.29, 1.82) is 0 Å². The molecule has 4 fully saturated rings. The molecule has 1 saturated heterocycles. The molecule has 49 heavy (non-hydrogen) atoms. The summed E-state index contributed by atoms with van der Waals surface area (Å²) in [7, 11) is 4.27. The zero-order chi connectivity index (χ0) is 36.1. The fraction of sp³-hybridized carbons (Fsp3) is 0.897. The largest absolute Gasteiger partial charge is 0.481 e. The van der Waals surface area contributed by atoms with Gasteiger partial charge < -0.3 is 25.2 Å². The molecule has 3 unspecified atom stereocenters. The number of nitrogen functional groups attached to an aromatic ring is 1. The van der Waals surface area contributed by atoms with Crippen LogP contribution < -0.4 is 5.73 Å². The number of aliphatic carboxylic acids is 1. The summed E-state index contributed by atoms with van der Waals surface area (Å²) in [6, 6.07) is 0.0719. The van der Waals surface area contributed by atoms with E-state index in [1.165, 1.54) is 5.57 Å². The molecule has 3 saturated carbocycles. The summed E-state index contributed by atoms with van der Waals surface area (Å²) in [4.78, 5) is 17.5. The number of anilines is 1. The number of allylic oxidation sites excluding steroid dienone is 1. The van der Waals surface area contributed by atoms with Crippen LogP contribution in [0.5, 0.6) is 0 Å². The lowest BCUT2D eigenvalue weighted by atomic mass is 9.34. The van der Waals surface area contributed by atoms with Crippen LogP contribution in [0.1, 0.15) is 114 Å². The molecular weight excluding hydrogens is 616 g/mol. The Morgan fingerprint density at radius 1 is 1.04 bits per heavy atom. The molecule has 0 aromatic carbocycles. The molecule has 2 heterocycles. The van der Waals surface area contributed by atoms with Crippen molar-refractivity contribution in [2.75, 3.05) is 33.0 Å². The third-order valence-electron chi connectivity index (χ3n) is 16.0. The molecule has 4 aliphatic carbocycles. The molecule has 2 bridgehead atoms. The van der Waals surface area contributed by atoms with Gasteiger partial charge >= 0.3 is 5.97 Å². The Hall–Kier alpha value is -2.04. The maximum Gasteiger partial charge on any atom is 0.307 e. The average molecular weight is 683 g/mol. The summed E-state index contributed by atoms with van der Waals surface area (Å²) in [5.41, 5.74) is 6.32. The highest BCUT2D eigenvalue weighted by molar-refractivity contribution is 5.73. The highest BCUT2D eigenvalue weighted by Gasteiger charge is 2.72. The molecule has 5 aliphatic rings. The van der Waals surface area contributed by atoms with Crippen molar-refractivity contribution in [1.82, 2.24) is 25.1 Å². The first-order valence-electron chi connectivity index (χ1n) is 19.2. The minimum Gasteiger partial charge on any atom is -0.481 e. The second kappa shape index (κ2) is 12.3. The number of aromatic nitrogens is 4. The summed E-state index contributed by atoms with van der Waals surface area (Å²) < 4.78 is 14.0. The number of carboxylic acids is 1. The van der Waals surface area contributed by atoms with Crippen molar-refractivity contribution < 1.29 is 19.4 Å². The third kappa shape index (κ3) is 5.18. The zero-order valence-electron chi connectivity index (χ0n) is 32.5. The number of tetrazole rings is 1. The average Bonchev–Trinajstić information content (AvgIpc) is 3.44. The summed E-state index contributed by atoms with van der Waals surface area (Å²) in [6.07, 6.45) is 7.94. The topological polar surface area (TPSA) is 129 Å². The van der Waals surface area contributed by atoms with Crippen molar-refractivity contribution in [2.45, 2.75) is 132 Å². The van der Waals surface area contributed by atoms with E-state index in [2.05, 4.69) is 110 Å². The Kier molecular flexibility index (Phi) is 9.21. The number of hydrogen-bond acceptors (Lipinski definition) is 8. The molecule has 13 atom stereocenters. The van der Waals surface area contributed by atoms with Crippen LogP contribution in [0.4, 0.5) is 5.95 Å². The molecule has 6 rings (SSSR count). The number of carboxylic acid groups (broad SMARTS) is 1. The van der Waals surface area contributed by atoms with E-state index in [4.69, 9.17) is 15.2 Å². The van der Waals surface area contributed by atoms with Crippen LogP contribution in [0.15, 0.2) is 11.6 Å². The van der Waals surface area contributed by atoms with Gasteiger partial charge in [-0.1, -0.05) is 79.1 Å². The zero-order valence-corrected chi connectivity index (χ0v) is 32.5. The maximum absolute atomic E-state index is 13.5. The minimum absolute atomic E-state index is 0.0304. The normalized spacial score (nSPS) is 43.7. The van der Waals surface area contributed by atoms with Gasteiger partial charge in [-0.05, 0) is 111 Å². The molecule has 3 N–H and O–H groups in total. The lowest BCUT2D eigenvalue weighted by molar-refractivity contribution is -0.262. The van der Waals surface area contributed by atoms with Gasteiger partial charge in [-0.15, -0.1) is 5.10 Å². The van der Waals surface area contributed by atoms with E-state index in [9.17, 15) is 9.90 Å². The molecule has 1 aromatic rings. The minimum atomic E-state index is -0.625. The van der Waals surface area contributed by atoms with Gasteiger partial charge in [0.1, 0.15) is 6.04 Å². The molecular formula is C39H66N6O4. The SMILES string of the molecule is CC(C)C(C(C)O[C@H]1[C@H](n2nnc(N)n2)CC23COC[C@@]1(C)[C@@H]2CC[C@H]1C3=CC[C@@]2(C)[C@H](C(=O)O)[C@@](C)([C@H](C)C(C)C)CC[C@]12C)N(C)C. The van der Waals surface area contributed by atoms with Gasteiger partial charge in [0.05, 0.1) is 31.3 Å². The van der Waals surface area contributed by atoms with Crippen molar-refractivity contribution in [3.63, 3.8) is 0 Å². The molecule has 10 heteroatoms. The van der Waals surface area contributed by atoms with E-state index >= 15 is 0 Å². The van der Waals surface area contributed by atoms with E-state index in [-0.39, 0.29) is 57.3 Å². The number of carbonyl (C=O) groups is 1. The summed E-state index contributed by atoms with van der Waals surface area (Å²) in [6.45, 7) is 24.2. The lowest BCUT2D eigenvalue weighted by Crippen LogP contribution is -2.69. The van der Waals surface area contributed by atoms with Gasteiger partial charge in [0.25, 0.3) is 5.95 Å². The van der Waals surface area contributed by atoms with Crippen LogP contribution in [-0.2, 0) is 14.3 Å². The Labute approximate surface area is 295 Å². The van der Waals surface area contributed by atoms with Gasteiger partial charge in [-0.3, -0.25) is 4.79 Å². The second-order valence-corrected chi connectivity index (χ2v) is 19.0. The lowest BCUT2D eigenvalue weighted by Gasteiger charge is -2.71. The fourth-order valence-electron chi connectivity index (χ4n) is 13.3. The van der Waals surface area contributed by atoms with Crippen molar-refractivity contribution in [3.05, 3.63) is 11.6 Å². The number of rotatable bonds is 9. The fourth-order valence-corrected chi connectivity index (χ4v) is 13.3. The first kappa shape index (κ1) is 36.7. The van der Waals surface area contributed by atoms with Crippen LogP contribution in [0.2, 0.25) is 0 Å². The van der Waals surface area contributed by atoms with Crippen LogP contribution in [0, 0.1) is 62.6 Å². The van der Waals surface area contributed by atoms with E-state index in [1.54, 1.807) is 4.80 Å². The Bertz CT molecular complexity index is 1440. The van der Waals surface area contributed by atoms with Gasteiger partial charge in [0.2, 0.25) is 0 Å².